The standard InChI is InChI=1S/C14H24O.C7H8.CH2O/c1-10-5-4-8-14(3)12(10)6-7-13(14)11(2)9-15;1-7-5-3-2-4-6-7;1-2/h9-13H,4-8H2,1-3H3;2-6H,1H3;1H2/t10-,11-,12?,13?,14-;;/m0../s1. The number of fused-ring (bicyclic) bond motifs is 1. The fourth-order valence-electron chi connectivity index (χ4n) is 5.10. The summed E-state index contributed by atoms with van der Waals surface area (Å²) in [4.78, 5) is 19.0. The Hall–Kier alpha value is -1.44. The molecular weight excluding hydrogens is 296 g/mol. The molecule has 5 atom stereocenters. The first kappa shape index (κ1) is 20.6. The van der Waals surface area contributed by atoms with Crippen LogP contribution in [0.5, 0.6) is 0 Å². The van der Waals surface area contributed by atoms with E-state index in [4.69, 9.17) is 4.79 Å². The van der Waals surface area contributed by atoms with Crippen LogP contribution >= 0.6 is 0 Å². The van der Waals surface area contributed by atoms with Gasteiger partial charge in [0, 0.05) is 5.92 Å². The lowest BCUT2D eigenvalue weighted by atomic mass is 9.60. The highest BCUT2D eigenvalue weighted by Crippen LogP contribution is 2.59. The number of aryl methyl sites for hydroxylation is 1. The third-order valence-corrected chi connectivity index (χ3v) is 6.33. The summed E-state index contributed by atoms with van der Waals surface area (Å²) in [6.45, 7) is 11.1. The lowest BCUT2D eigenvalue weighted by Gasteiger charge is -2.45. The number of benzene rings is 1. The van der Waals surface area contributed by atoms with Crippen LogP contribution in [0.25, 0.3) is 0 Å². The van der Waals surface area contributed by atoms with Gasteiger partial charge in [0.25, 0.3) is 0 Å². The highest BCUT2D eigenvalue weighted by Gasteiger charge is 2.51. The fourth-order valence-corrected chi connectivity index (χ4v) is 5.10. The van der Waals surface area contributed by atoms with Gasteiger partial charge in [-0.15, -0.1) is 0 Å². The van der Waals surface area contributed by atoms with Crippen LogP contribution in [0, 0.1) is 36.0 Å². The Kier molecular flexibility index (Phi) is 8.38. The molecule has 0 radical (unpaired) electrons. The molecule has 0 aliphatic heterocycles. The molecule has 3 rings (SSSR count). The van der Waals surface area contributed by atoms with Crippen molar-refractivity contribution >= 4 is 13.1 Å². The number of hydrogen-bond acceptors (Lipinski definition) is 2. The van der Waals surface area contributed by atoms with Gasteiger partial charge < -0.3 is 9.59 Å². The maximum absolute atomic E-state index is 11.0. The largest absolute Gasteiger partial charge is 0.307 e. The van der Waals surface area contributed by atoms with Crippen molar-refractivity contribution in [1.82, 2.24) is 0 Å². The average molecular weight is 331 g/mol. The molecule has 0 heterocycles. The molecule has 2 unspecified atom stereocenters. The SMILES string of the molecule is C=O.C[C@@H](C=O)C1CCC2[C@@H](C)CCC[C@]12C.Cc1ccccc1. The van der Waals surface area contributed by atoms with Gasteiger partial charge in [-0.25, -0.2) is 0 Å². The van der Waals surface area contributed by atoms with Gasteiger partial charge in [-0.05, 0) is 49.4 Å². The smallest absolute Gasteiger partial charge is 0.123 e. The van der Waals surface area contributed by atoms with Gasteiger partial charge in [-0.2, -0.15) is 0 Å². The van der Waals surface area contributed by atoms with Crippen LogP contribution in [-0.2, 0) is 9.59 Å². The summed E-state index contributed by atoms with van der Waals surface area (Å²) in [6, 6.07) is 10.3. The molecule has 2 saturated carbocycles. The number of carbonyl (C=O) groups is 2. The molecule has 0 bridgehead atoms. The van der Waals surface area contributed by atoms with E-state index in [1.54, 1.807) is 0 Å². The van der Waals surface area contributed by atoms with Crippen LogP contribution in [0.1, 0.15) is 58.4 Å². The molecule has 1 aromatic rings. The maximum Gasteiger partial charge on any atom is 0.123 e. The highest BCUT2D eigenvalue weighted by atomic mass is 16.1. The van der Waals surface area contributed by atoms with Gasteiger partial charge >= 0.3 is 0 Å². The normalized spacial score (nSPS) is 32.2. The molecule has 2 nitrogen and oxygen atoms in total. The third-order valence-electron chi connectivity index (χ3n) is 6.33. The maximum atomic E-state index is 11.0. The number of carbonyl (C=O) groups excluding carboxylic acids is 2. The molecule has 0 spiro atoms. The van der Waals surface area contributed by atoms with Gasteiger partial charge in [-0.1, -0.05) is 69.5 Å². The molecule has 134 valence electrons. The summed E-state index contributed by atoms with van der Waals surface area (Å²) in [5, 5.41) is 0. The lowest BCUT2D eigenvalue weighted by molar-refractivity contribution is -0.114. The second-order valence-corrected chi connectivity index (χ2v) is 7.82. The first-order valence-corrected chi connectivity index (χ1v) is 9.25. The fraction of sp³-hybridized carbons (Fsp3) is 0.636. The van der Waals surface area contributed by atoms with Crippen LogP contribution in [0.2, 0.25) is 0 Å². The van der Waals surface area contributed by atoms with Gasteiger partial charge in [0.1, 0.15) is 13.1 Å². The summed E-state index contributed by atoms with van der Waals surface area (Å²) >= 11 is 0. The van der Waals surface area contributed by atoms with Crippen LogP contribution in [0.3, 0.4) is 0 Å². The molecular formula is C22H34O2. The van der Waals surface area contributed by atoms with E-state index >= 15 is 0 Å². The van der Waals surface area contributed by atoms with E-state index in [1.807, 2.05) is 25.0 Å². The van der Waals surface area contributed by atoms with Crippen molar-refractivity contribution in [2.45, 2.75) is 59.8 Å². The predicted octanol–water partition coefficient (Wildman–Crippen LogP) is 5.48. The number of aldehydes is 1. The minimum Gasteiger partial charge on any atom is -0.307 e. The Morgan fingerprint density at radius 2 is 1.79 bits per heavy atom. The molecule has 1 aromatic carbocycles. The van der Waals surface area contributed by atoms with E-state index in [-0.39, 0.29) is 5.92 Å². The minimum atomic E-state index is 0.269. The van der Waals surface area contributed by atoms with Crippen molar-refractivity contribution in [3.05, 3.63) is 35.9 Å². The molecule has 0 N–H and O–H groups in total. The molecule has 0 aromatic heterocycles. The summed E-state index contributed by atoms with van der Waals surface area (Å²) in [5.41, 5.74) is 1.79. The predicted molar refractivity (Wildman–Crippen MR) is 101 cm³/mol. The van der Waals surface area contributed by atoms with E-state index in [0.29, 0.717) is 11.3 Å². The molecule has 2 aliphatic rings. The van der Waals surface area contributed by atoms with E-state index in [1.165, 1.54) is 44.0 Å². The van der Waals surface area contributed by atoms with Gasteiger partial charge in [0.2, 0.25) is 0 Å². The average Bonchev–Trinajstić information content (AvgIpc) is 2.96. The lowest BCUT2D eigenvalue weighted by Crippen LogP contribution is -2.38. The first-order valence-electron chi connectivity index (χ1n) is 9.25. The monoisotopic (exact) mass is 330 g/mol. The zero-order valence-corrected chi connectivity index (χ0v) is 15.8. The summed E-state index contributed by atoms with van der Waals surface area (Å²) in [5.74, 6) is 2.69. The molecule has 2 fully saturated rings. The topological polar surface area (TPSA) is 34.1 Å². The van der Waals surface area contributed by atoms with Crippen molar-refractivity contribution in [1.29, 1.82) is 0 Å². The van der Waals surface area contributed by atoms with E-state index in [9.17, 15) is 4.79 Å². The Balaban J connectivity index is 0.000000268. The summed E-state index contributed by atoms with van der Waals surface area (Å²) < 4.78 is 0. The van der Waals surface area contributed by atoms with Crippen LogP contribution in [-0.4, -0.2) is 13.1 Å². The van der Waals surface area contributed by atoms with Gasteiger partial charge in [0.05, 0.1) is 0 Å². The molecule has 0 amide bonds. The molecule has 24 heavy (non-hydrogen) atoms. The Bertz CT molecular complexity index is 484. The van der Waals surface area contributed by atoms with Gasteiger partial charge in [-0.3, -0.25) is 0 Å². The Morgan fingerprint density at radius 3 is 2.29 bits per heavy atom. The zero-order valence-electron chi connectivity index (χ0n) is 15.8. The molecule has 2 aliphatic carbocycles. The molecule has 2 heteroatoms. The van der Waals surface area contributed by atoms with E-state index in [0.717, 1.165) is 11.8 Å². The van der Waals surface area contributed by atoms with Crippen LogP contribution in [0.4, 0.5) is 0 Å². The zero-order chi connectivity index (χ0) is 18.2. The van der Waals surface area contributed by atoms with E-state index in [2.05, 4.69) is 39.8 Å². The van der Waals surface area contributed by atoms with E-state index < -0.39 is 0 Å². The highest BCUT2D eigenvalue weighted by molar-refractivity contribution is 5.53. The summed E-state index contributed by atoms with van der Waals surface area (Å²) in [7, 11) is 0. The quantitative estimate of drug-likeness (QED) is 0.672. The number of rotatable bonds is 2. The van der Waals surface area contributed by atoms with Gasteiger partial charge in [0.15, 0.2) is 0 Å². The third kappa shape index (κ3) is 4.78. The molecule has 0 saturated heterocycles. The van der Waals surface area contributed by atoms with Crippen molar-refractivity contribution in [2.75, 3.05) is 0 Å². The van der Waals surface area contributed by atoms with Crippen molar-refractivity contribution < 1.29 is 9.59 Å². The number of hydrogen-bond donors (Lipinski definition) is 0. The Morgan fingerprint density at radius 1 is 1.17 bits per heavy atom. The van der Waals surface area contributed by atoms with Crippen LogP contribution in [0.15, 0.2) is 30.3 Å². The second-order valence-electron chi connectivity index (χ2n) is 7.82. The Labute approximate surface area is 148 Å². The van der Waals surface area contributed by atoms with Crippen molar-refractivity contribution in [3.8, 4) is 0 Å². The summed E-state index contributed by atoms with van der Waals surface area (Å²) in [6.07, 6.45) is 7.95. The van der Waals surface area contributed by atoms with Crippen LogP contribution < -0.4 is 0 Å². The van der Waals surface area contributed by atoms with Crippen molar-refractivity contribution in [3.63, 3.8) is 0 Å². The first-order chi connectivity index (χ1) is 11.5. The minimum absolute atomic E-state index is 0.269. The second kappa shape index (κ2) is 9.76. The van der Waals surface area contributed by atoms with Crippen molar-refractivity contribution in [2.24, 2.45) is 29.1 Å².